The lowest BCUT2D eigenvalue weighted by Crippen LogP contribution is -2.30. The largest absolute Gasteiger partial charge is 0.457 e. The number of fused-ring (bicyclic) bond motifs is 2. The smallest absolute Gasteiger partial charge is 0.132 e. The Hall–Kier alpha value is -2.89. The molecule has 0 aliphatic carbocycles. The summed E-state index contributed by atoms with van der Waals surface area (Å²) in [6, 6.07) is 31.8. The molecule has 4 aromatic rings. The van der Waals surface area contributed by atoms with Crippen LogP contribution in [0.15, 0.2) is 91.0 Å². The van der Waals surface area contributed by atoms with Crippen molar-refractivity contribution < 1.29 is 4.74 Å². The number of hydrogen-bond donors (Lipinski definition) is 0. The Balaban J connectivity index is 1.85. The second kappa shape index (κ2) is 6.87. The fraction of sp³-hybridized carbons (Fsp3) is 0.111. The summed E-state index contributed by atoms with van der Waals surface area (Å²) in [5, 5.41) is 1.20. The molecule has 5 rings (SSSR count). The maximum atomic E-state index is 6.43. The second-order valence-electron chi connectivity index (χ2n) is 8.04. The number of hydrogen-bond acceptors (Lipinski definition) is 1. The van der Waals surface area contributed by atoms with Crippen LogP contribution in [-0.2, 0) is 5.41 Å². The summed E-state index contributed by atoms with van der Waals surface area (Å²) >= 11 is 0. The number of para-hydroxylation sites is 1. The van der Waals surface area contributed by atoms with Gasteiger partial charge in [-0.3, -0.25) is 0 Å². The molecule has 0 amide bonds. The molecule has 2 heteroatoms. The Labute approximate surface area is 174 Å². The Morgan fingerprint density at radius 2 is 1.28 bits per heavy atom. The van der Waals surface area contributed by atoms with Crippen LogP contribution in [0, 0.1) is 0 Å². The molecule has 142 valence electrons. The predicted molar refractivity (Wildman–Crippen MR) is 125 cm³/mol. The van der Waals surface area contributed by atoms with Gasteiger partial charge >= 0.3 is 0 Å². The Morgan fingerprint density at radius 1 is 0.690 bits per heavy atom. The summed E-state index contributed by atoms with van der Waals surface area (Å²) in [6.07, 6.45) is 0. The highest BCUT2D eigenvalue weighted by Gasteiger charge is 2.37. The van der Waals surface area contributed by atoms with Crippen LogP contribution in [0.1, 0.15) is 25.0 Å². The second-order valence-corrected chi connectivity index (χ2v) is 8.62. The molecule has 0 saturated heterocycles. The summed E-state index contributed by atoms with van der Waals surface area (Å²) < 4.78 is 6.43. The van der Waals surface area contributed by atoms with Gasteiger partial charge in [0.25, 0.3) is 0 Å². The number of ether oxygens (including phenoxy) is 1. The standard InChI is InChI=1S/C27H23OP/c1-27(2)21-15-9-10-16-22(21)28-23-17-20(18-11-5-3-6-12-18)24(26(29)25(23)27)19-13-7-4-8-14-19/h3-17H,29H2,1-2H3. The van der Waals surface area contributed by atoms with Gasteiger partial charge in [-0.1, -0.05) is 92.7 Å². The van der Waals surface area contributed by atoms with Gasteiger partial charge in [-0.2, -0.15) is 0 Å². The van der Waals surface area contributed by atoms with E-state index >= 15 is 0 Å². The highest BCUT2D eigenvalue weighted by molar-refractivity contribution is 7.28. The van der Waals surface area contributed by atoms with Crippen molar-refractivity contribution in [3.63, 3.8) is 0 Å². The van der Waals surface area contributed by atoms with Crippen molar-refractivity contribution in [2.75, 3.05) is 0 Å². The third-order valence-electron chi connectivity index (χ3n) is 5.88. The summed E-state index contributed by atoms with van der Waals surface area (Å²) in [6.45, 7) is 4.58. The van der Waals surface area contributed by atoms with Gasteiger partial charge in [0.1, 0.15) is 11.5 Å². The third-order valence-corrected chi connectivity index (χ3v) is 6.46. The molecule has 0 saturated carbocycles. The van der Waals surface area contributed by atoms with Crippen LogP contribution in [0.3, 0.4) is 0 Å². The van der Waals surface area contributed by atoms with Gasteiger partial charge in [0, 0.05) is 16.5 Å². The van der Waals surface area contributed by atoms with Gasteiger partial charge in [-0.05, 0) is 39.7 Å². The summed E-state index contributed by atoms with van der Waals surface area (Å²) in [5.74, 6) is 1.89. The van der Waals surface area contributed by atoms with Crippen LogP contribution in [0.2, 0.25) is 0 Å². The van der Waals surface area contributed by atoms with E-state index in [2.05, 4.69) is 108 Å². The molecule has 1 heterocycles. The van der Waals surface area contributed by atoms with Gasteiger partial charge in [-0.15, -0.1) is 9.24 Å². The first-order valence-electron chi connectivity index (χ1n) is 9.92. The lowest BCUT2D eigenvalue weighted by Gasteiger charge is -2.37. The van der Waals surface area contributed by atoms with Gasteiger partial charge in [0.15, 0.2) is 0 Å². The first-order chi connectivity index (χ1) is 14.1. The van der Waals surface area contributed by atoms with E-state index in [1.165, 1.54) is 38.7 Å². The molecular weight excluding hydrogens is 371 g/mol. The predicted octanol–water partition coefficient (Wildman–Crippen LogP) is 6.95. The Morgan fingerprint density at radius 3 is 1.97 bits per heavy atom. The molecule has 1 nitrogen and oxygen atoms in total. The van der Waals surface area contributed by atoms with E-state index in [9.17, 15) is 0 Å². The quantitative estimate of drug-likeness (QED) is 0.334. The normalized spacial score (nSPS) is 13.9. The summed E-state index contributed by atoms with van der Waals surface area (Å²) in [7, 11) is 3.02. The molecule has 0 spiro atoms. The molecular formula is C27H23OP. The topological polar surface area (TPSA) is 9.23 Å². The highest BCUT2D eigenvalue weighted by atomic mass is 31.0. The average Bonchev–Trinajstić information content (AvgIpc) is 2.74. The molecule has 1 unspecified atom stereocenters. The maximum Gasteiger partial charge on any atom is 0.132 e. The van der Waals surface area contributed by atoms with Crippen molar-refractivity contribution in [2.24, 2.45) is 0 Å². The first kappa shape index (κ1) is 18.2. The van der Waals surface area contributed by atoms with Gasteiger partial charge in [0.2, 0.25) is 0 Å². The van der Waals surface area contributed by atoms with E-state index in [0.717, 1.165) is 11.5 Å². The van der Waals surface area contributed by atoms with Crippen LogP contribution >= 0.6 is 9.24 Å². The van der Waals surface area contributed by atoms with Crippen LogP contribution in [0.4, 0.5) is 0 Å². The number of rotatable bonds is 2. The maximum absolute atomic E-state index is 6.43. The SMILES string of the molecule is CC1(C)c2ccccc2Oc2cc(-c3ccccc3)c(-c3ccccc3)c(P)c21. The van der Waals surface area contributed by atoms with Crippen LogP contribution in [0.25, 0.3) is 22.3 Å². The van der Waals surface area contributed by atoms with Crippen LogP contribution in [0.5, 0.6) is 11.5 Å². The van der Waals surface area contributed by atoms with Crippen molar-refractivity contribution in [1.82, 2.24) is 0 Å². The lowest BCUT2D eigenvalue weighted by atomic mass is 9.74. The minimum atomic E-state index is -0.153. The van der Waals surface area contributed by atoms with E-state index < -0.39 is 0 Å². The zero-order valence-corrected chi connectivity index (χ0v) is 17.8. The molecule has 0 bridgehead atoms. The van der Waals surface area contributed by atoms with Gasteiger partial charge < -0.3 is 4.74 Å². The molecule has 0 N–H and O–H groups in total. The molecule has 0 radical (unpaired) electrons. The van der Waals surface area contributed by atoms with Crippen LogP contribution < -0.4 is 10.0 Å². The molecule has 1 atom stereocenters. The van der Waals surface area contributed by atoms with E-state index in [1.54, 1.807) is 0 Å². The minimum Gasteiger partial charge on any atom is -0.457 e. The minimum absolute atomic E-state index is 0.153. The van der Waals surface area contributed by atoms with Crippen LogP contribution in [-0.4, -0.2) is 0 Å². The highest BCUT2D eigenvalue weighted by Crippen LogP contribution is 2.50. The average molecular weight is 394 g/mol. The fourth-order valence-corrected chi connectivity index (χ4v) is 5.31. The molecule has 1 aliphatic heterocycles. The number of benzene rings is 4. The van der Waals surface area contributed by atoms with Crippen molar-refractivity contribution in [1.29, 1.82) is 0 Å². The summed E-state index contributed by atoms with van der Waals surface area (Å²) in [4.78, 5) is 0. The monoisotopic (exact) mass is 394 g/mol. The van der Waals surface area contributed by atoms with Crippen molar-refractivity contribution >= 4 is 14.5 Å². The molecule has 0 fully saturated rings. The zero-order chi connectivity index (χ0) is 20.0. The van der Waals surface area contributed by atoms with Gasteiger partial charge in [-0.25, -0.2) is 0 Å². The fourth-order valence-electron chi connectivity index (χ4n) is 4.49. The van der Waals surface area contributed by atoms with E-state index in [0.29, 0.717) is 0 Å². The molecule has 4 aromatic carbocycles. The molecule has 1 aliphatic rings. The Kier molecular flexibility index (Phi) is 4.30. The third kappa shape index (κ3) is 2.89. The molecule has 29 heavy (non-hydrogen) atoms. The van der Waals surface area contributed by atoms with E-state index in [4.69, 9.17) is 4.74 Å². The molecule has 0 aromatic heterocycles. The summed E-state index contributed by atoms with van der Waals surface area (Å²) in [5.41, 5.74) is 7.15. The van der Waals surface area contributed by atoms with E-state index in [1.807, 2.05) is 6.07 Å². The van der Waals surface area contributed by atoms with E-state index in [-0.39, 0.29) is 5.41 Å². The lowest BCUT2D eigenvalue weighted by molar-refractivity contribution is 0.420. The van der Waals surface area contributed by atoms with Gasteiger partial charge in [0.05, 0.1) is 0 Å². The van der Waals surface area contributed by atoms with Crippen molar-refractivity contribution in [3.05, 3.63) is 102 Å². The first-order valence-corrected chi connectivity index (χ1v) is 10.5. The van der Waals surface area contributed by atoms with Crippen molar-refractivity contribution in [2.45, 2.75) is 19.3 Å². The zero-order valence-electron chi connectivity index (χ0n) is 16.6. The Bertz CT molecular complexity index is 1190. The van der Waals surface area contributed by atoms with Crippen molar-refractivity contribution in [3.8, 4) is 33.8 Å².